The fraction of sp³-hybridized carbons (Fsp3) is 0.826. The third-order valence-electron chi connectivity index (χ3n) is 10.1. The summed E-state index contributed by atoms with van der Waals surface area (Å²) in [7, 11) is 4.34. The summed E-state index contributed by atoms with van der Waals surface area (Å²) in [6, 6.07) is 0. The highest BCUT2D eigenvalue weighted by molar-refractivity contribution is 4.93. The van der Waals surface area contributed by atoms with Crippen LogP contribution in [0.15, 0.2) is 48.6 Å². The molecule has 1 fully saturated rings. The van der Waals surface area contributed by atoms with Crippen LogP contribution in [0, 0.1) is 5.92 Å². The normalized spacial score (nSPS) is 18.8. The molecule has 1 rings (SSSR count). The van der Waals surface area contributed by atoms with Crippen molar-refractivity contribution in [3.8, 4) is 0 Å². The SMILES string of the molecule is CCCCCC=CCC=CCCCCCCCCC1(CCCCCCCCC=CCC=CCCCCC)OCC(CCCCN(C)C)CO1. The fourth-order valence-corrected chi connectivity index (χ4v) is 6.84. The number of ether oxygens (including phenoxy) is 2. The van der Waals surface area contributed by atoms with Crippen LogP contribution in [0.2, 0.25) is 0 Å². The number of hydrogen-bond donors (Lipinski definition) is 0. The van der Waals surface area contributed by atoms with E-state index in [9.17, 15) is 0 Å². The molecule has 3 nitrogen and oxygen atoms in total. The number of rotatable bonds is 35. The molecule has 1 saturated heterocycles. The minimum atomic E-state index is -0.315. The van der Waals surface area contributed by atoms with Gasteiger partial charge in [-0.25, -0.2) is 0 Å². The van der Waals surface area contributed by atoms with Crippen LogP contribution in [-0.2, 0) is 9.47 Å². The van der Waals surface area contributed by atoms with Crippen molar-refractivity contribution in [3.63, 3.8) is 0 Å². The lowest BCUT2D eigenvalue weighted by Gasteiger charge is -2.41. The van der Waals surface area contributed by atoms with E-state index in [4.69, 9.17) is 9.47 Å². The summed E-state index contributed by atoms with van der Waals surface area (Å²) in [6.45, 7) is 7.51. The molecule has 0 spiro atoms. The second-order valence-corrected chi connectivity index (χ2v) is 15.4. The molecule has 1 aliphatic heterocycles. The Bertz CT molecular complexity index is 739. The standard InChI is InChI=1S/C46H85NO2/c1-5-7-9-11-13-15-17-19-21-23-25-27-29-31-33-36-40-46(48-43-45(44-49-46)39-35-38-42-47(3)4)41-37-34-32-30-28-26-24-22-20-18-16-14-12-10-8-6-2/h13-16,19-22,45H,5-12,17-18,23-44H2,1-4H3. The molecule has 0 aliphatic carbocycles. The smallest absolute Gasteiger partial charge is 0.168 e. The van der Waals surface area contributed by atoms with Crippen LogP contribution >= 0.6 is 0 Å². The van der Waals surface area contributed by atoms with Gasteiger partial charge in [0.25, 0.3) is 0 Å². The number of nitrogens with zero attached hydrogens (tertiary/aromatic N) is 1. The first-order valence-electron chi connectivity index (χ1n) is 21.6. The molecule has 0 amide bonds. The highest BCUT2D eigenvalue weighted by Gasteiger charge is 2.36. The van der Waals surface area contributed by atoms with Crippen molar-refractivity contribution in [2.24, 2.45) is 5.92 Å². The molecule has 1 heterocycles. The molecule has 0 unspecified atom stereocenters. The second kappa shape index (κ2) is 35.3. The van der Waals surface area contributed by atoms with Crippen LogP contribution in [0.1, 0.15) is 200 Å². The first kappa shape index (κ1) is 45.9. The van der Waals surface area contributed by atoms with Crippen LogP contribution in [-0.4, -0.2) is 44.5 Å². The van der Waals surface area contributed by atoms with Gasteiger partial charge in [0.15, 0.2) is 5.79 Å². The molecule has 0 saturated carbocycles. The van der Waals surface area contributed by atoms with Crippen LogP contribution in [0.4, 0.5) is 0 Å². The van der Waals surface area contributed by atoms with Crippen molar-refractivity contribution < 1.29 is 9.47 Å². The van der Waals surface area contributed by atoms with Gasteiger partial charge in [-0.15, -0.1) is 0 Å². The number of unbranched alkanes of at least 4 members (excludes halogenated alkanes) is 19. The molecule has 49 heavy (non-hydrogen) atoms. The monoisotopic (exact) mass is 684 g/mol. The van der Waals surface area contributed by atoms with E-state index in [2.05, 4.69) is 81.5 Å². The van der Waals surface area contributed by atoms with Crippen LogP contribution < -0.4 is 0 Å². The lowest BCUT2D eigenvalue weighted by molar-refractivity contribution is -0.290. The highest BCUT2D eigenvalue weighted by atomic mass is 16.7. The molecule has 0 bridgehead atoms. The minimum Gasteiger partial charge on any atom is -0.350 e. The van der Waals surface area contributed by atoms with Gasteiger partial charge in [0.05, 0.1) is 13.2 Å². The zero-order chi connectivity index (χ0) is 35.4. The molecule has 0 radical (unpaired) electrons. The lowest BCUT2D eigenvalue weighted by atomic mass is 9.96. The Morgan fingerprint density at radius 2 is 0.857 bits per heavy atom. The Hall–Kier alpha value is -1.16. The van der Waals surface area contributed by atoms with Gasteiger partial charge in [0.1, 0.15) is 0 Å². The van der Waals surface area contributed by atoms with E-state index in [1.165, 1.54) is 167 Å². The Morgan fingerprint density at radius 3 is 1.27 bits per heavy atom. The van der Waals surface area contributed by atoms with E-state index in [0.717, 1.165) is 38.9 Å². The molecule has 0 aromatic heterocycles. The third-order valence-corrected chi connectivity index (χ3v) is 10.1. The summed E-state index contributed by atoms with van der Waals surface area (Å²) >= 11 is 0. The Kier molecular flexibility index (Phi) is 33.0. The largest absolute Gasteiger partial charge is 0.350 e. The zero-order valence-electron chi connectivity index (χ0n) is 33.6. The Morgan fingerprint density at radius 1 is 0.469 bits per heavy atom. The molecular weight excluding hydrogens is 599 g/mol. The third kappa shape index (κ3) is 30.2. The first-order valence-corrected chi connectivity index (χ1v) is 21.6. The zero-order valence-corrected chi connectivity index (χ0v) is 33.6. The van der Waals surface area contributed by atoms with E-state index in [0.29, 0.717) is 5.92 Å². The summed E-state index contributed by atoms with van der Waals surface area (Å²) in [5.74, 6) is 0.256. The average molecular weight is 684 g/mol. The topological polar surface area (TPSA) is 21.7 Å². The lowest BCUT2D eigenvalue weighted by Crippen LogP contribution is -2.44. The predicted octanol–water partition coefficient (Wildman–Crippen LogP) is 14.5. The number of allylic oxidation sites excluding steroid dienone is 8. The van der Waals surface area contributed by atoms with E-state index in [-0.39, 0.29) is 5.79 Å². The second-order valence-electron chi connectivity index (χ2n) is 15.4. The predicted molar refractivity (Wildman–Crippen MR) is 218 cm³/mol. The van der Waals surface area contributed by atoms with Crippen molar-refractivity contribution in [2.45, 2.75) is 206 Å². The van der Waals surface area contributed by atoms with E-state index in [1.54, 1.807) is 0 Å². The van der Waals surface area contributed by atoms with Crippen molar-refractivity contribution in [1.82, 2.24) is 4.90 Å². The summed E-state index contributed by atoms with van der Waals surface area (Å²) in [4.78, 5) is 2.29. The van der Waals surface area contributed by atoms with E-state index in [1.807, 2.05) is 0 Å². The maximum absolute atomic E-state index is 6.65. The van der Waals surface area contributed by atoms with Crippen molar-refractivity contribution in [3.05, 3.63) is 48.6 Å². The van der Waals surface area contributed by atoms with Crippen molar-refractivity contribution >= 4 is 0 Å². The molecule has 1 aliphatic rings. The Balaban J connectivity index is 2.23. The van der Waals surface area contributed by atoms with Gasteiger partial charge in [-0.1, -0.05) is 146 Å². The maximum Gasteiger partial charge on any atom is 0.168 e. The summed E-state index contributed by atoms with van der Waals surface area (Å²) < 4.78 is 13.3. The quantitative estimate of drug-likeness (QED) is 0.0490. The van der Waals surface area contributed by atoms with Crippen molar-refractivity contribution in [2.75, 3.05) is 33.9 Å². The van der Waals surface area contributed by atoms with Gasteiger partial charge in [-0.2, -0.15) is 0 Å². The molecule has 3 heteroatoms. The molecule has 0 aromatic rings. The van der Waals surface area contributed by atoms with Gasteiger partial charge in [0.2, 0.25) is 0 Å². The summed E-state index contributed by atoms with van der Waals surface area (Å²) in [5, 5.41) is 0. The van der Waals surface area contributed by atoms with E-state index < -0.39 is 0 Å². The van der Waals surface area contributed by atoms with Crippen LogP contribution in [0.5, 0.6) is 0 Å². The maximum atomic E-state index is 6.65. The molecular formula is C46H85NO2. The summed E-state index contributed by atoms with van der Waals surface area (Å²) in [5.41, 5.74) is 0. The minimum absolute atomic E-state index is 0.315. The van der Waals surface area contributed by atoms with Gasteiger partial charge < -0.3 is 14.4 Å². The molecule has 0 atom stereocenters. The molecule has 0 N–H and O–H groups in total. The highest BCUT2D eigenvalue weighted by Crippen LogP contribution is 2.34. The average Bonchev–Trinajstić information content (AvgIpc) is 3.10. The molecule has 0 aromatic carbocycles. The summed E-state index contributed by atoms with van der Waals surface area (Å²) in [6.07, 6.45) is 55.9. The van der Waals surface area contributed by atoms with Gasteiger partial charge in [-0.05, 0) is 111 Å². The van der Waals surface area contributed by atoms with Gasteiger partial charge in [0, 0.05) is 18.8 Å². The number of hydrogen-bond acceptors (Lipinski definition) is 3. The Labute approximate surface area is 307 Å². The van der Waals surface area contributed by atoms with Gasteiger partial charge >= 0.3 is 0 Å². The van der Waals surface area contributed by atoms with Gasteiger partial charge in [-0.3, -0.25) is 0 Å². The van der Waals surface area contributed by atoms with Crippen LogP contribution in [0.25, 0.3) is 0 Å². The van der Waals surface area contributed by atoms with E-state index >= 15 is 0 Å². The first-order chi connectivity index (χ1) is 24.1. The fourth-order valence-electron chi connectivity index (χ4n) is 6.84. The molecule has 286 valence electrons. The van der Waals surface area contributed by atoms with Crippen LogP contribution in [0.3, 0.4) is 0 Å². The van der Waals surface area contributed by atoms with Crippen molar-refractivity contribution in [1.29, 1.82) is 0 Å².